The second-order valence-electron chi connectivity index (χ2n) is 4.41. The van der Waals surface area contributed by atoms with Crippen LogP contribution in [0.5, 0.6) is 0 Å². The highest BCUT2D eigenvalue weighted by Crippen LogP contribution is 2.41. The highest BCUT2D eigenvalue weighted by molar-refractivity contribution is 8.05. The van der Waals surface area contributed by atoms with Crippen LogP contribution in [0.3, 0.4) is 0 Å². The van der Waals surface area contributed by atoms with E-state index in [2.05, 4.69) is 4.99 Å². The lowest BCUT2D eigenvalue weighted by atomic mass is 10.2. The molecular formula is C14H13N3O2S. The van der Waals surface area contributed by atoms with E-state index in [1.807, 2.05) is 12.1 Å². The van der Waals surface area contributed by atoms with Crippen molar-refractivity contribution in [2.24, 2.45) is 4.99 Å². The Balaban J connectivity index is 2.40. The third-order valence-corrected chi connectivity index (χ3v) is 4.66. The monoisotopic (exact) mass is 287 g/mol. The fourth-order valence-electron chi connectivity index (χ4n) is 2.00. The van der Waals surface area contributed by atoms with Crippen molar-refractivity contribution in [1.82, 2.24) is 0 Å². The quantitative estimate of drug-likeness (QED) is 0.621. The van der Waals surface area contributed by atoms with Crippen molar-refractivity contribution in [2.45, 2.75) is 11.8 Å². The van der Waals surface area contributed by atoms with Crippen LogP contribution in [-0.2, 0) is 8.98 Å². The maximum atomic E-state index is 11.4. The number of hydrogen-bond acceptors (Lipinski definition) is 5. The summed E-state index contributed by atoms with van der Waals surface area (Å²) in [6.07, 6.45) is 0. The van der Waals surface area contributed by atoms with Gasteiger partial charge in [0.25, 0.3) is 0 Å². The number of nitrogens with two attached hydrogens (primary N) is 2. The molecule has 2 aromatic rings. The van der Waals surface area contributed by atoms with Crippen molar-refractivity contribution in [3.63, 3.8) is 0 Å². The first kappa shape index (κ1) is 12.7. The molecule has 1 heterocycles. The minimum Gasteiger partial charge on any atom is -0.399 e. The van der Waals surface area contributed by atoms with Crippen LogP contribution in [0.4, 0.5) is 17.1 Å². The van der Waals surface area contributed by atoms with Crippen molar-refractivity contribution < 1.29 is 8.98 Å². The average Bonchev–Trinajstić information content (AvgIpc) is 2.39. The number of carbonyl (C=O) groups is 1. The normalized spacial score (nSPS) is 15.8. The van der Waals surface area contributed by atoms with E-state index in [9.17, 15) is 4.79 Å². The molecule has 5 nitrogen and oxygen atoms in total. The van der Waals surface area contributed by atoms with Crippen LogP contribution in [0.25, 0.3) is 0 Å². The highest BCUT2D eigenvalue weighted by atomic mass is 32.2. The molecule has 2 aromatic carbocycles. The average molecular weight is 287 g/mol. The number of hydrogen-bond donors (Lipinski definition) is 2. The smallest absolute Gasteiger partial charge is 0.314 e. The van der Waals surface area contributed by atoms with Crippen molar-refractivity contribution in [3.8, 4) is 0 Å². The van der Waals surface area contributed by atoms with Gasteiger partial charge in [-0.05, 0) is 36.4 Å². The van der Waals surface area contributed by atoms with E-state index in [0.29, 0.717) is 11.4 Å². The predicted molar refractivity (Wildman–Crippen MR) is 79.0 cm³/mol. The summed E-state index contributed by atoms with van der Waals surface area (Å²) in [6, 6.07) is 10.8. The van der Waals surface area contributed by atoms with Crippen molar-refractivity contribution in [3.05, 3.63) is 46.3 Å². The molecule has 6 heteroatoms. The number of rotatable bonds is 1. The first-order chi connectivity index (χ1) is 9.54. The summed E-state index contributed by atoms with van der Waals surface area (Å²) in [5.41, 5.74) is 13.6. The van der Waals surface area contributed by atoms with Crippen LogP contribution in [0, 0.1) is 4.51 Å². The molecule has 0 aromatic heterocycles. The molecule has 0 bridgehead atoms. The van der Waals surface area contributed by atoms with Crippen LogP contribution < -0.4 is 16.8 Å². The molecule has 0 saturated carbocycles. The molecule has 1 atom stereocenters. The fourth-order valence-corrected chi connectivity index (χ4v) is 3.74. The van der Waals surface area contributed by atoms with Gasteiger partial charge in [-0.1, -0.05) is 0 Å². The van der Waals surface area contributed by atoms with Gasteiger partial charge in [-0.25, -0.2) is 4.99 Å². The Labute approximate surface area is 118 Å². The minimum atomic E-state index is -0.848. The number of carbonyl (C=O) groups excluding carboxylic acids is 1. The third kappa shape index (κ3) is 2.14. The zero-order valence-electron chi connectivity index (χ0n) is 10.8. The van der Waals surface area contributed by atoms with Gasteiger partial charge in [0, 0.05) is 29.1 Å². The van der Waals surface area contributed by atoms with Crippen molar-refractivity contribution in [2.75, 3.05) is 11.5 Å². The SMILES string of the molecule is CC(=O)OS1=c2cc(N)ccc2=Nc2ccc(N)cc21. The molecule has 0 spiro atoms. The lowest BCUT2D eigenvalue weighted by Gasteiger charge is -2.15. The van der Waals surface area contributed by atoms with Gasteiger partial charge in [-0.15, -0.1) is 0 Å². The zero-order valence-corrected chi connectivity index (χ0v) is 11.6. The van der Waals surface area contributed by atoms with Crippen molar-refractivity contribution >= 4 is 33.8 Å². The Morgan fingerprint density at radius 3 is 2.60 bits per heavy atom. The number of nitrogen functional groups attached to an aromatic ring is 2. The maximum absolute atomic E-state index is 11.4. The number of nitrogens with zero attached hydrogens (tertiary/aromatic N) is 1. The standard InChI is InChI=1S/C14H13N3O2S/c1-8(18)19-20-13-6-9(15)2-4-11(13)17-12-5-3-10(16)7-14(12)20/h2-7H,15-16H2,1H3. The van der Waals surface area contributed by atoms with Crippen LogP contribution in [-0.4, -0.2) is 5.97 Å². The summed E-state index contributed by atoms with van der Waals surface area (Å²) < 4.78 is 6.28. The molecule has 20 heavy (non-hydrogen) atoms. The van der Waals surface area contributed by atoms with Gasteiger partial charge in [0.05, 0.1) is 20.5 Å². The van der Waals surface area contributed by atoms with E-state index in [0.717, 1.165) is 20.5 Å². The summed E-state index contributed by atoms with van der Waals surface area (Å²) in [7, 11) is -0.848. The van der Waals surface area contributed by atoms with Crippen LogP contribution in [0.1, 0.15) is 6.92 Å². The van der Waals surface area contributed by atoms with E-state index >= 15 is 0 Å². The van der Waals surface area contributed by atoms with E-state index in [1.165, 1.54) is 6.92 Å². The topological polar surface area (TPSA) is 90.7 Å². The van der Waals surface area contributed by atoms with Crippen molar-refractivity contribution in [1.29, 1.82) is 0 Å². The second-order valence-corrected chi connectivity index (χ2v) is 5.99. The molecule has 0 radical (unpaired) electrons. The Morgan fingerprint density at radius 2 is 1.85 bits per heavy atom. The predicted octanol–water partition coefficient (Wildman–Crippen LogP) is 2.17. The summed E-state index contributed by atoms with van der Waals surface area (Å²) in [5.74, 6) is -0.350. The van der Waals surface area contributed by atoms with E-state index in [4.69, 9.17) is 15.7 Å². The van der Waals surface area contributed by atoms with Gasteiger partial charge in [-0.3, -0.25) is 4.79 Å². The molecule has 1 aliphatic rings. The van der Waals surface area contributed by atoms with Gasteiger partial charge < -0.3 is 15.7 Å². The van der Waals surface area contributed by atoms with Crippen LogP contribution >= 0.6 is 10.8 Å². The minimum absolute atomic E-state index is 0.350. The molecule has 4 N–H and O–H groups in total. The molecule has 0 aliphatic carbocycles. The van der Waals surface area contributed by atoms with E-state index in [-0.39, 0.29) is 5.97 Å². The Hall–Kier alpha value is -2.34. The lowest BCUT2D eigenvalue weighted by molar-refractivity contribution is -0.130. The molecule has 1 unspecified atom stereocenters. The first-order valence-corrected chi connectivity index (χ1v) is 7.13. The highest BCUT2D eigenvalue weighted by Gasteiger charge is 2.16. The molecular weight excluding hydrogens is 274 g/mol. The van der Waals surface area contributed by atoms with Gasteiger partial charge in [-0.2, -0.15) is 0 Å². The van der Waals surface area contributed by atoms with E-state index in [1.54, 1.807) is 24.3 Å². The zero-order chi connectivity index (χ0) is 14.3. The lowest BCUT2D eigenvalue weighted by Crippen LogP contribution is -2.09. The fraction of sp³-hybridized carbons (Fsp3) is 0.0714. The number of fused-ring (bicyclic) bond motifs is 2. The largest absolute Gasteiger partial charge is 0.399 e. The number of benzene rings is 2. The molecule has 102 valence electrons. The Kier molecular flexibility index (Phi) is 2.94. The summed E-state index contributed by atoms with van der Waals surface area (Å²) in [4.78, 5) is 16.8. The van der Waals surface area contributed by atoms with Gasteiger partial charge in [0.15, 0.2) is 0 Å². The maximum Gasteiger partial charge on any atom is 0.314 e. The molecule has 1 aliphatic heterocycles. The summed E-state index contributed by atoms with van der Waals surface area (Å²) >= 11 is 0. The van der Waals surface area contributed by atoms with Crippen LogP contribution in [0.2, 0.25) is 0 Å². The molecule has 0 fully saturated rings. The first-order valence-electron chi connectivity index (χ1n) is 5.98. The van der Waals surface area contributed by atoms with Gasteiger partial charge in [0.2, 0.25) is 0 Å². The summed E-state index contributed by atoms with van der Waals surface area (Å²) in [5, 5.41) is 0.765. The molecule has 0 amide bonds. The van der Waals surface area contributed by atoms with Crippen LogP contribution in [0.15, 0.2) is 46.3 Å². The van der Waals surface area contributed by atoms with Gasteiger partial charge in [0.1, 0.15) is 0 Å². The summed E-state index contributed by atoms with van der Waals surface area (Å²) in [6.45, 7) is 1.39. The van der Waals surface area contributed by atoms with E-state index < -0.39 is 10.8 Å². The Bertz CT molecular complexity index is 846. The number of anilines is 2. The molecule has 3 rings (SSSR count). The van der Waals surface area contributed by atoms with Gasteiger partial charge >= 0.3 is 5.97 Å². The second kappa shape index (κ2) is 4.64. The third-order valence-electron chi connectivity index (χ3n) is 2.81. The Morgan fingerprint density at radius 1 is 1.15 bits per heavy atom. The molecule has 0 saturated heterocycles.